The van der Waals surface area contributed by atoms with Crippen LogP contribution in [0.1, 0.15) is 0 Å². The Hall–Kier alpha value is -6.71. The molecular weight excluding hydrogens is 609 g/mol. The SMILES string of the molecule is c1ccc(-c2cccc(N(c3ccc(-c4ccccc4-c4ccccc4)cc3)c3cccc4ccc5nc(-c6ccccc6)oc5c34)c2)cc1. The summed E-state index contributed by atoms with van der Waals surface area (Å²) < 4.78 is 6.62. The summed E-state index contributed by atoms with van der Waals surface area (Å²) in [6, 6.07) is 68.1. The molecule has 0 bridgehead atoms. The third-order valence-corrected chi connectivity index (χ3v) is 9.30. The molecule has 8 aromatic carbocycles. The van der Waals surface area contributed by atoms with Crippen LogP contribution in [0, 0.1) is 0 Å². The van der Waals surface area contributed by atoms with Crippen LogP contribution >= 0.6 is 0 Å². The molecule has 0 spiro atoms. The average molecular weight is 641 g/mol. The molecule has 1 aromatic heterocycles. The molecule has 0 aliphatic carbocycles. The van der Waals surface area contributed by atoms with Crippen molar-refractivity contribution in [3.8, 4) is 44.8 Å². The normalized spacial score (nSPS) is 11.2. The van der Waals surface area contributed by atoms with Crippen molar-refractivity contribution >= 4 is 38.9 Å². The second-order valence-corrected chi connectivity index (χ2v) is 12.4. The van der Waals surface area contributed by atoms with E-state index in [-0.39, 0.29) is 0 Å². The van der Waals surface area contributed by atoms with E-state index < -0.39 is 0 Å². The van der Waals surface area contributed by atoms with Gasteiger partial charge in [-0.05, 0) is 87.3 Å². The van der Waals surface area contributed by atoms with Gasteiger partial charge in [-0.15, -0.1) is 0 Å². The van der Waals surface area contributed by atoms with Crippen molar-refractivity contribution in [2.45, 2.75) is 0 Å². The van der Waals surface area contributed by atoms with Gasteiger partial charge in [0, 0.05) is 16.9 Å². The van der Waals surface area contributed by atoms with Crippen LogP contribution in [0.4, 0.5) is 17.1 Å². The molecule has 0 aliphatic heterocycles. The summed E-state index contributed by atoms with van der Waals surface area (Å²) in [4.78, 5) is 7.27. The molecule has 9 rings (SSSR count). The Morgan fingerprint density at radius 3 is 1.68 bits per heavy atom. The first-order valence-corrected chi connectivity index (χ1v) is 16.9. The highest BCUT2D eigenvalue weighted by Crippen LogP contribution is 2.44. The quantitative estimate of drug-likeness (QED) is 0.174. The van der Waals surface area contributed by atoms with Gasteiger partial charge in [0.25, 0.3) is 0 Å². The zero-order chi connectivity index (χ0) is 33.3. The zero-order valence-electron chi connectivity index (χ0n) is 27.3. The first kappa shape index (κ1) is 29.4. The summed E-state index contributed by atoms with van der Waals surface area (Å²) in [6.07, 6.45) is 0. The highest BCUT2D eigenvalue weighted by Gasteiger charge is 2.21. The molecule has 236 valence electrons. The third kappa shape index (κ3) is 5.41. The monoisotopic (exact) mass is 640 g/mol. The smallest absolute Gasteiger partial charge is 0.227 e. The molecule has 50 heavy (non-hydrogen) atoms. The molecule has 1 heterocycles. The van der Waals surface area contributed by atoms with Gasteiger partial charge in [-0.2, -0.15) is 0 Å². The summed E-state index contributed by atoms with van der Waals surface area (Å²) in [5, 5.41) is 2.10. The summed E-state index contributed by atoms with van der Waals surface area (Å²) >= 11 is 0. The summed E-state index contributed by atoms with van der Waals surface area (Å²) in [6.45, 7) is 0. The van der Waals surface area contributed by atoms with Crippen LogP contribution in [0.25, 0.3) is 66.7 Å². The number of oxazole rings is 1. The first-order valence-electron chi connectivity index (χ1n) is 16.9. The van der Waals surface area contributed by atoms with Crippen molar-refractivity contribution in [1.29, 1.82) is 0 Å². The predicted molar refractivity (Wildman–Crippen MR) is 208 cm³/mol. The van der Waals surface area contributed by atoms with E-state index in [0.29, 0.717) is 5.89 Å². The first-order chi connectivity index (χ1) is 24.8. The minimum atomic E-state index is 0.613. The van der Waals surface area contributed by atoms with Crippen LogP contribution in [0.5, 0.6) is 0 Å². The molecule has 0 fully saturated rings. The van der Waals surface area contributed by atoms with Gasteiger partial charge in [-0.1, -0.05) is 146 Å². The predicted octanol–water partition coefficient (Wildman–Crippen LogP) is 13.1. The van der Waals surface area contributed by atoms with Gasteiger partial charge in [0.1, 0.15) is 5.52 Å². The van der Waals surface area contributed by atoms with Crippen LogP contribution in [0.3, 0.4) is 0 Å². The van der Waals surface area contributed by atoms with Crippen LogP contribution < -0.4 is 4.90 Å². The molecule has 3 nitrogen and oxygen atoms in total. The van der Waals surface area contributed by atoms with E-state index in [4.69, 9.17) is 9.40 Å². The van der Waals surface area contributed by atoms with Gasteiger partial charge < -0.3 is 9.32 Å². The Morgan fingerprint density at radius 1 is 0.400 bits per heavy atom. The van der Waals surface area contributed by atoms with Crippen molar-refractivity contribution in [3.63, 3.8) is 0 Å². The topological polar surface area (TPSA) is 29.3 Å². The average Bonchev–Trinajstić information content (AvgIpc) is 3.65. The van der Waals surface area contributed by atoms with Crippen LogP contribution in [-0.2, 0) is 0 Å². The van der Waals surface area contributed by atoms with E-state index in [1.807, 2.05) is 30.3 Å². The number of aromatic nitrogens is 1. The zero-order valence-corrected chi connectivity index (χ0v) is 27.3. The van der Waals surface area contributed by atoms with E-state index >= 15 is 0 Å². The van der Waals surface area contributed by atoms with Crippen molar-refractivity contribution in [1.82, 2.24) is 4.98 Å². The fraction of sp³-hybridized carbons (Fsp3) is 0. The van der Waals surface area contributed by atoms with Gasteiger partial charge >= 0.3 is 0 Å². The number of anilines is 3. The Morgan fingerprint density at radius 2 is 0.980 bits per heavy atom. The largest absolute Gasteiger partial charge is 0.435 e. The van der Waals surface area contributed by atoms with E-state index in [9.17, 15) is 0 Å². The van der Waals surface area contributed by atoms with Crippen LogP contribution in [0.15, 0.2) is 199 Å². The Labute approximate surface area is 291 Å². The number of benzene rings is 8. The fourth-order valence-electron chi connectivity index (χ4n) is 6.90. The maximum Gasteiger partial charge on any atom is 0.227 e. The minimum Gasteiger partial charge on any atom is -0.435 e. The maximum absolute atomic E-state index is 6.62. The lowest BCUT2D eigenvalue weighted by molar-refractivity contribution is 0.623. The number of fused-ring (bicyclic) bond motifs is 3. The molecule has 0 radical (unpaired) electrons. The van der Waals surface area contributed by atoms with Crippen LogP contribution in [-0.4, -0.2) is 4.98 Å². The van der Waals surface area contributed by atoms with Crippen LogP contribution in [0.2, 0.25) is 0 Å². The van der Waals surface area contributed by atoms with Crippen molar-refractivity contribution in [3.05, 3.63) is 194 Å². The summed E-state index contributed by atoms with van der Waals surface area (Å²) in [5.74, 6) is 0.613. The lowest BCUT2D eigenvalue weighted by Crippen LogP contribution is -2.10. The van der Waals surface area contributed by atoms with E-state index in [1.54, 1.807) is 0 Å². The van der Waals surface area contributed by atoms with Gasteiger partial charge in [0.05, 0.1) is 11.1 Å². The molecule has 0 amide bonds. The van der Waals surface area contributed by atoms with Gasteiger partial charge in [0.15, 0.2) is 5.58 Å². The maximum atomic E-state index is 6.62. The lowest BCUT2D eigenvalue weighted by Gasteiger charge is -2.27. The standard InChI is InChI=1S/C47H32N2O/c1-4-14-33(15-5-1)38-21-12-22-40(32-38)49(39-29-26-35(27-30-39)42-24-11-10-23-41(42)34-16-6-2-7-17-34)44-25-13-20-36-28-31-43-46(45(36)44)50-47(48-43)37-18-8-3-9-19-37/h1-32H. The lowest BCUT2D eigenvalue weighted by atomic mass is 9.94. The summed E-state index contributed by atoms with van der Waals surface area (Å²) in [5.41, 5.74) is 12.8. The number of hydrogen-bond acceptors (Lipinski definition) is 3. The molecular formula is C47H32N2O. The molecule has 0 aliphatic rings. The van der Waals surface area contributed by atoms with Crippen molar-refractivity contribution in [2.24, 2.45) is 0 Å². The number of nitrogens with zero attached hydrogens (tertiary/aromatic N) is 2. The molecule has 0 unspecified atom stereocenters. The number of hydrogen-bond donors (Lipinski definition) is 0. The Balaban J connectivity index is 1.23. The second-order valence-electron chi connectivity index (χ2n) is 12.4. The Kier molecular flexibility index (Phi) is 7.49. The molecule has 0 saturated carbocycles. The van der Waals surface area contributed by atoms with Gasteiger partial charge in [-0.3, -0.25) is 0 Å². The third-order valence-electron chi connectivity index (χ3n) is 9.30. The van der Waals surface area contributed by atoms with E-state index in [2.05, 4.69) is 169 Å². The second kappa shape index (κ2) is 12.7. The van der Waals surface area contributed by atoms with Crippen molar-refractivity contribution < 1.29 is 4.42 Å². The van der Waals surface area contributed by atoms with E-state index in [0.717, 1.165) is 55.6 Å². The Bertz CT molecular complexity index is 2570. The summed E-state index contributed by atoms with van der Waals surface area (Å²) in [7, 11) is 0. The highest BCUT2D eigenvalue weighted by atomic mass is 16.3. The number of rotatable bonds is 7. The van der Waals surface area contributed by atoms with Gasteiger partial charge in [-0.25, -0.2) is 4.98 Å². The van der Waals surface area contributed by atoms with Gasteiger partial charge in [0.2, 0.25) is 5.89 Å². The fourth-order valence-corrected chi connectivity index (χ4v) is 6.90. The van der Waals surface area contributed by atoms with E-state index in [1.165, 1.54) is 22.3 Å². The molecule has 9 aromatic rings. The molecule has 0 N–H and O–H groups in total. The molecule has 0 saturated heterocycles. The minimum absolute atomic E-state index is 0.613. The van der Waals surface area contributed by atoms with Crippen molar-refractivity contribution in [2.75, 3.05) is 4.90 Å². The molecule has 0 atom stereocenters. The molecule has 3 heteroatoms. The highest BCUT2D eigenvalue weighted by molar-refractivity contribution is 6.12.